The lowest BCUT2D eigenvalue weighted by Gasteiger charge is -2.09. The molecule has 0 atom stereocenters. The molecule has 0 fully saturated rings. The summed E-state index contributed by atoms with van der Waals surface area (Å²) in [6, 6.07) is 7.75. The number of hydrogen-bond acceptors (Lipinski definition) is 3. The van der Waals surface area contributed by atoms with E-state index in [9.17, 15) is 0 Å². The molecule has 1 N–H and O–H groups in total. The van der Waals surface area contributed by atoms with Crippen molar-refractivity contribution in [3.63, 3.8) is 0 Å². The van der Waals surface area contributed by atoms with Crippen LogP contribution < -0.4 is 10.1 Å². The molecular formula is C14H15ClN2O. The number of nitrogens with one attached hydrogen (secondary N) is 1. The highest BCUT2D eigenvalue weighted by Crippen LogP contribution is 2.25. The van der Waals surface area contributed by atoms with Crippen LogP contribution in [0.5, 0.6) is 11.5 Å². The second-order valence-corrected chi connectivity index (χ2v) is 4.50. The van der Waals surface area contributed by atoms with E-state index in [4.69, 9.17) is 16.3 Å². The van der Waals surface area contributed by atoms with E-state index in [1.165, 1.54) is 11.1 Å². The molecule has 0 radical (unpaired) electrons. The Hall–Kier alpha value is -1.58. The number of rotatable bonds is 4. The molecule has 2 rings (SSSR count). The normalized spacial score (nSPS) is 10.4. The summed E-state index contributed by atoms with van der Waals surface area (Å²) in [4.78, 5) is 3.98. The van der Waals surface area contributed by atoms with Crippen LogP contribution in [0.2, 0.25) is 5.02 Å². The summed E-state index contributed by atoms with van der Waals surface area (Å²) in [6.45, 7) is 2.92. The largest absolute Gasteiger partial charge is 0.456 e. The van der Waals surface area contributed by atoms with Gasteiger partial charge < -0.3 is 10.1 Å². The molecule has 1 heterocycles. The third-order valence-electron chi connectivity index (χ3n) is 2.60. The number of hydrogen-bond donors (Lipinski definition) is 1. The van der Waals surface area contributed by atoms with Gasteiger partial charge >= 0.3 is 0 Å². The zero-order chi connectivity index (χ0) is 13.0. The van der Waals surface area contributed by atoms with E-state index >= 15 is 0 Å². The predicted molar refractivity (Wildman–Crippen MR) is 73.3 cm³/mol. The Balaban J connectivity index is 2.17. The summed E-state index contributed by atoms with van der Waals surface area (Å²) >= 11 is 5.86. The summed E-state index contributed by atoms with van der Waals surface area (Å²) in [5.74, 6) is 1.43. The van der Waals surface area contributed by atoms with Gasteiger partial charge in [-0.05, 0) is 37.2 Å². The first kappa shape index (κ1) is 12.9. The maximum absolute atomic E-state index is 5.86. The van der Waals surface area contributed by atoms with Gasteiger partial charge in [-0.2, -0.15) is 0 Å². The predicted octanol–water partition coefficient (Wildman–Crippen LogP) is 3.56. The van der Waals surface area contributed by atoms with Gasteiger partial charge in [0.05, 0.1) is 11.2 Å². The van der Waals surface area contributed by atoms with Crippen LogP contribution in [0.3, 0.4) is 0 Å². The molecule has 0 spiro atoms. The highest BCUT2D eigenvalue weighted by molar-refractivity contribution is 6.30. The molecule has 0 amide bonds. The Bertz CT molecular complexity index is 543. The number of aryl methyl sites for hydroxylation is 1. The molecule has 0 aliphatic carbocycles. The SMILES string of the molecule is CNCc1ccc(Oc2cncc(Cl)c2)cc1C. The van der Waals surface area contributed by atoms with Crippen molar-refractivity contribution < 1.29 is 4.74 Å². The van der Waals surface area contributed by atoms with Crippen LogP contribution in [-0.4, -0.2) is 12.0 Å². The summed E-state index contributed by atoms with van der Waals surface area (Å²) in [5, 5.41) is 3.70. The van der Waals surface area contributed by atoms with E-state index in [0.29, 0.717) is 10.8 Å². The highest BCUT2D eigenvalue weighted by atomic mass is 35.5. The fourth-order valence-corrected chi connectivity index (χ4v) is 1.87. The van der Waals surface area contributed by atoms with Crippen LogP contribution in [-0.2, 0) is 6.54 Å². The smallest absolute Gasteiger partial charge is 0.147 e. The van der Waals surface area contributed by atoms with E-state index in [0.717, 1.165) is 12.3 Å². The fraction of sp³-hybridized carbons (Fsp3) is 0.214. The van der Waals surface area contributed by atoms with Gasteiger partial charge in [-0.1, -0.05) is 17.7 Å². The van der Waals surface area contributed by atoms with Crippen molar-refractivity contribution in [1.82, 2.24) is 10.3 Å². The molecule has 18 heavy (non-hydrogen) atoms. The molecule has 0 bridgehead atoms. The number of pyridine rings is 1. The van der Waals surface area contributed by atoms with Gasteiger partial charge in [0.2, 0.25) is 0 Å². The molecular weight excluding hydrogens is 248 g/mol. The number of nitrogens with zero attached hydrogens (tertiary/aromatic N) is 1. The molecule has 0 saturated carbocycles. The van der Waals surface area contributed by atoms with Crippen molar-refractivity contribution in [2.75, 3.05) is 7.05 Å². The molecule has 0 aliphatic heterocycles. The zero-order valence-corrected chi connectivity index (χ0v) is 11.2. The monoisotopic (exact) mass is 262 g/mol. The van der Waals surface area contributed by atoms with Gasteiger partial charge in [0.15, 0.2) is 0 Å². The summed E-state index contributed by atoms with van der Waals surface area (Å²) in [5.41, 5.74) is 2.45. The summed E-state index contributed by atoms with van der Waals surface area (Å²) in [7, 11) is 1.93. The lowest BCUT2D eigenvalue weighted by atomic mass is 10.1. The van der Waals surface area contributed by atoms with Gasteiger partial charge in [-0.15, -0.1) is 0 Å². The average Bonchev–Trinajstić information content (AvgIpc) is 2.33. The first-order valence-corrected chi connectivity index (χ1v) is 6.09. The standard InChI is InChI=1S/C14H15ClN2O/c1-10-5-13(4-3-11(10)7-16-2)18-14-6-12(15)8-17-9-14/h3-6,8-9,16H,7H2,1-2H3. The van der Waals surface area contributed by atoms with Crippen LogP contribution in [0.1, 0.15) is 11.1 Å². The van der Waals surface area contributed by atoms with Crippen molar-refractivity contribution in [1.29, 1.82) is 0 Å². The quantitative estimate of drug-likeness (QED) is 0.915. The fourth-order valence-electron chi connectivity index (χ4n) is 1.70. The highest BCUT2D eigenvalue weighted by Gasteiger charge is 2.02. The van der Waals surface area contributed by atoms with Crippen LogP contribution in [0.25, 0.3) is 0 Å². The van der Waals surface area contributed by atoms with Crippen molar-refractivity contribution in [3.05, 3.63) is 52.8 Å². The minimum Gasteiger partial charge on any atom is -0.456 e. The van der Waals surface area contributed by atoms with E-state index in [1.807, 2.05) is 19.2 Å². The van der Waals surface area contributed by atoms with E-state index < -0.39 is 0 Å². The lowest BCUT2D eigenvalue weighted by molar-refractivity contribution is 0.479. The van der Waals surface area contributed by atoms with Gasteiger partial charge in [0.25, 0.3) is 0 Å². The molecule has 1 aromatic carbocycles. The van der Waals surface area contributed by atoms with E-state index in [-0.39, 0.29) is 0 Å². The van der Waals surface area contributed by atoms with Crippen LogP contribution in [0.4, 0.5) is 0 Å². The molecule has 1 aromatic heterocycles. The van der Waals surface area contributed by atoms with Crippen molar-refractivity contribution in [3.8, 4) is 11.5 Å². The maximum Gasteiger partial charge on any atom is 0.147 e. The van der Waals surface area contributed by atoms with Crippen LogP contribution in [0.15, 0.2) is 36.7 Å². The third-order valence-corrected chi connectivity index (χ3v) is 2.80. The second kappa shape index (κ2) is 5.85. The molecule has 3 nitrogen and oxygen atoms in total. The molecule has 2 aromatic rings. The van der Waals surface area contributed by atoms with Crippen LogP contribution >= 0.6 is 11.6 Å². The van der Waals surface area contributed by atoms with Crippen molar-refractivity contribution in [2.45, 2.75) is 13.5 Å². The first-order valence-electron chi connectivity index (χ1n) is 5.71. The number of aromatic nitrogens is 1. The van der Waals surface area contributed by atoms with E-state index in [1.54, 1.807) is 18.5 Å². The summed E-state index contributed by atoms with van der Waals surface area (Å²) < 4.78 is 5.71. The van der Waals surface area contributed by atoms with Gasteiger partial charge in [0.1, 0.15) is 11.5 Å². The molecule has 0 unspecified atom stereocenters. The molecule has 94 valence electrons. The Morgan fingerprint density at radius 2 is 2.06 bits per heavy atom. The Kier molecular flexibility index (Phi) is 4.18. The van der Waals surface area contributed by atoms with Gasteiger partial charge in [-0.25, -0.2) is 0 Å². The van der Waals surface area contributed by atoms with E-state index in [2.05, 4.69) is 23.3 Å². The number of ether oxygens (including phenoxy) is 1. The van der Waals surface area contributed by atoms with Gasteiger partial charge in [0, 0.05) is 18.8 Å². The zero-order valence-electron chi connectivity index (χ0n) is 10.4. The molecule has 0 aliphatic rings. The first-order chi connectivity index (χ1) is 8.69. The average molecular weight is 263 g/mol. The minimum absolute atomic E-state index is 0.566. The lowest BCUT2D eigenvalue weighted by Crippen LogP contribution is -2.06. The Morgan fingerprint density at radius 1 is 1.22 bits per heavy atom. The molecule has 0 saturated heterocycles. The van der Waals surface area contributed by atoms with Crippen molar-refractivity contribution >= 4 is 11.6 Å². The topological polar surface area (TPSA) is 34.1 Å². The van der Waals surface area contributed by atoms with Crippen LogP contribution in [0, 0.1) is 6.92 Å². The summed E-state index contributed by atoms with van der Waals surface area (Å²) in [6.07, 6.45) is 3.22. The maximum atomic E-state index is 5.86. The Morgan fingerprint density at radius 3 is 2.72 bits per heavy atom. The third kappa shape index (κ3) is 3.22. The number of halogens is 1. The second-order valence-electron chi connectivity index (χ2n) is 4.06. The number of benzene rings is 1. The Labute approximate surface area is 112 Å². The van der Waals surface area contributed by atoms with Gasteiger partial charge in [-0.3, -0.25) is 4.98 Å². The molecule has 4 heteroatoms. The minimum atomic E-state index is 0.566. The van der Waals surface area contributed by atoms with Crippen molar-refractivity contribution in [2.24, 2.45) is 0 Å².